The van der Waals surface area contributed by atoms with Crippen molar-refractivity contribution in [2.45, 2.75) is 50.6 Å². The maximum atomic E-state index is 6.29. The van der Waals surface area contributed by atoms with E-state index < -0.39 is 0 Å². The van der Waals surface area contributed by atoms with E-state index in [1.54, 1.807) is 23.1 Å². The number of ether oxygens (including phenoxy) is 2. The van der Waals surface area contributed by atoms with Crippen molar-refractivity contribution in [3.8, 4) is 0 Å². The first-order chi connectivity index (χ1) is 17.4. The van der Waals surface area contributed by atoms with Crippen LogP contribution < -0.4 is 10.2 Å². The topological polar surface area (TPSA) is 72.4 Å². The second kappa shape index (κ2) is 9.45. The molecule has 0 amide bonds. The zero-order valence-corrected chi connectivity index (χ0v) is 22.8. The minimum atomic E-state index is -0.240. The molecule has 1 fully saturated rings. The Balaban J connectivity index is 1.56. The molecule has 9 heteroatoms. The van der Waals surface area contributed by atoms with E-state index in [1.807, 2.05) is 12.3 Å². The largest absolute Gasteiger partial charge is 0.378 e. The molecule has 188 valence electrons. The van der Waals surface area contributed by atoms with Crippen LogP contribution >= 0.6 is 23.1 Å². The van der Waals surface area contributed by atoms with Crippen LogP contribution in [0.15, 0.2) is 35.5 Å². The number of nitrogens with one attached hydrogen (secondary N) is 1. The number of hydrogen-bond donors (Lipinski definition) is 1. The van der Waals surface area contributed by atoms with Gasteiger partial charge in [-0.15, -0.1) is 11.3 Å². The Hall–Kier alpha value is -2.46. The van der Waals surface area contributed by atoms with Crippen molar-refractivity contribution in [3.05, 3.63) is 47.0 Å². The van der Waals surface area contributed by atoms with E-state index in [0.29, 0.717) is 6.61 Å². The average Bonchev–Trinajstić information content (AvgIpc) is 3.27. The third kappa shape index (κ3) is 4.32. The minimum Gasteiger partial charge on any atom is -0.378 e. The quantitative estimate of drug-likeness (QED) is 0.260. The zero-order valence-electron chi connectivity index (χ0n) is 21.1. The first-order valence-electron chi connectivity index (χ1n) is 12.4. The van der Waals surface area contributed by atoms with Crippen molar-refractivity contribution in [2.75, 3.05) is 42.8 Å². The van der Waals surface area contributed by atoms with Gasteiger partial charge in [0.05, 0.1) is 35.6 Å². The second-order valence-corrected chi connectivity index (χ2v) is 11.8. The normalized spacial score (nSPS) is 18.4. The number of thioether (sulfide) groups is 1. The molecule has 6 rings (SSSR count). The molecule has 3 aromatic heterocycles. The molecular weight excluding hydrogens is 490 g/mol. The first kappa shape index (κ1) is 23.9. The van der Waals surface area contributed by atoms with Gasteiger partial charge < -0.3 is 19.7 Å². The molecule has 0 spiro atoms. The maximum Gasteiger partial charge on any atom is 0.189 e. The molecule has 4 aromatic rings. The second-order valence-electron chi connectivity index (χ2n) is 10.0. The van der Waals surface area contributed by atoms with Crippen LogP contribution in [0.5, 0.6) is 0 Å². The third-order valence-corrected chi connectivity index (χ3v) is 8.62. The number of benzene rings is 1. The Morgan fingerprint density at radius 3 is 2.61 bits per heavy atom. The average molecular weight is 522 g/mol. The van der Waals surface area contributed by atoms with Crippen LogP contribution in [0.4, 0.5) is 11.6 Å². The molecule has 0 bridgehead atoms. The molecule has 5 heterocycles. The molecule has 0 radical (unpaired) electrons. The summed E-state index contributed by atoms with van der Waals surface area (Å²) in [5.74, 6) is 1.91. The number of pyridine rings is 1. The molecule has 2 aliphatic rings. The summed E-state index contributed by atoms with van der Waals surface area (Å²) in [6.07, 6.45) is 2.85. The van der Waals surface area contributed by atoms with Crippen LogP contribution in [0.3, 0.4) is 0 Å². The SMILES string of the molecule is CSc1nc(N[C@@H](C)c2ccccc2)c2sc3nc(N4CCOCC4)c4c(c3c2n1)CC(C)(C)OC4. The highest BCUT2D eigenvalue weighted by Crippen LogP contribution is 2.45. The number of nitrogens with zero attached hydrogens (tertiary/aromatic N) is 4. The van der Waals surface area contributed by atoms with E-state index in [1.165, 1.54) is 16.7 Å². The van der Waals surface area contributed by atoms with Gasteiger partial charge in [0.2, 0.25) is 0 Å². The van der Waals surface area contributed by atoms with E-state index in [0.717, 1.165) is 69.9 Å². The van der Waals surface area contributed by atoms with E-state index in [4.69, 9.17) is 24.4 Å². The standard InChI is InChI=1S/C27H31N5O2S2/c1-16(17-8-6-5-7-9-17)28-23-22-21(29-26(30-23)35-4)20-18-14-27(2,3)34-15-19(18)24(31-25(20)36-22)32-10-12-33-13-11-32/h5-9,16H,10-15H2,1-4H3,(H,28,29,30)/t16-/m0/s1. The van der Waals surface area contributed by atoms with Gasteiger partial charge in [0.15, 0.2) is 5.16 Å². The Bertz CT molecular complexity index is 1420. The van der Waals surface area contributed by atoms with Crippen LogP contribution in [0.2, 0.25) is 0 Å². The van der Waals surface area contributed by atoms with Crippen molar-refractivity contribution in [2.24, 2.45) is 0 Å². The van der Waals surface area contributed by atoms with E-state index in [-0.39, 0.29) is 11.6 Å². The summed E-state index contributed by atoms with van der Waals surface area (Å²) >= 11 is 3.26. The van der Waals surface area contributed by atoms with Crippen LogP contribution in [-0.4, -0.2) is 53.1 Å². The predicted octanol–water partition coefficient (Wildman–Crippen LogP) is 5.82. The first-order valence-corrected chi connectivity index (χ1v) is 14.5. The van der Waals surface area contributed by atoms with Gasteiger partial charge in [0.1, 0.15) is 16.5 Å². The highest BCUT2D eigenvalue weighted by atomic mass is 32.2. The van der Waals surface area contributed by atoms with E-state index in [9.17, 15) is 0 Å². The highest BCUT2D eigenvalue weighted by molar-refractivity contribution is 7.98. The summed E-state index contributed by atoms with van der Waals surface area (Å²) in [7, 11) is 0. The number of anilines is 2. The van der Waals surface area contributed by atoms with Gasteiger partial charge in [-0.05, 0) is 38.2 Å². The van der Waals surface area contributed by atoms with E-state index in [2.05, 4.69) is 55.3 Å². The van der Waals surface area contributed by atoms with Gasteiger partial charge in [-0.3, -0.25) is 0 Å². The maximum absolute atomic E-state index is 6.29. The lowest BCUT2D eigenvalue weighted by molar-refractivity contribution is -0.0396. The zero-order chi connectivity index (χ0) is 24.9. The molecule has 2 aliphatic heterocycles. The highest BCUT2D eigenvalue weighted by Gasteiger charge is 2.33. The van der Waals surface area contributed by atoms with Crippen LogP contribution in [0.25, 0.3) is 20.4 Å². The van der Waals surface area contributed by atoms with E-state index >= 15 is 0 Å². The summed E-state index contributed by atoms with van der Waals surface area (Å²) in [5, 5.41) is 5.60. The number of hydrogen-bond acceptors (Lipinski definition) is 9. The number of thiophene rings is 1. The molecule has 7 nitrogen and oxygen atoms in total. The molecule has 0 aliphatic carbocycles. The summed E-state index contributed by atoms with van der Waals surface area (Å²) in [4.78, 5) is 18.5. The van der Waals surface area contributed by atoms with Crippen molar-refractivity contribution in [3.63, 3.8) is 0 Å². The molecule has 1 N–H and O–H groups in total. The van der Waals surface area contributed by atoms with Crippen LogP contribution in [0, 0.1) is 0 Å². The Kier molecular flexibility index (Phi) is 6.27. The molecule has 0 saturated carbocycles. The lowest BCUT2D eigenvalue weighted by atomic mass is 9.90. The lowest BCUT2D eigenvalue weighted by Crippen LogP contribution is -2.39. The van der Waals surface area contributed by atoms with Crippen molar-refractivity contribution in [1.29, 1.82) is 0 Å². The van der Waals surface area contributed by atoms with Gasteiger partial charge in [-0.25, -0.2) is 15.0 Å². The summed E-state index contributed by atoms with van der Waals surface area (Å²) in [5.41, 5.74) is 4.49. The van der Waals surface area contributed by atoms with Gasteiger partial charge in [0, 0.05) is 36.5 Å². The third-order valence-electron chi connectivity index (χ3n) is 6.99. The number of morpholine rings is 1. The fourth-order valence-electron chi connectivity index (χ4n) is 5.09. The van der Waals surface area contributed by atoms with Gasteiger partial charge >= 0.3 is 0 Å². The summed E-state index contributed by atoms with van der Waals surface area (Å²) < 4.78 is 13.0. The number of fused-ring (bicyclic) bond motifs is 5. The molecule has 1 aromatic carbocycles. The molecule has 36 heavy (non-hydrogen) atoms. The van der Waals surface area contributed by atoms with Crippen molar-refractivity contribution < 1.29 is 9.47 Å². The fraction of sp³-hybridized carbons (Fsp3) is 0.444. The monoisotopic (exact) mass is 521 g/mol. The Labute approximate surface area is 219 Å². The Morgan fingerprint density at radius 1 is 1.08 bits per heavy atom. The molecular formula is C27H31N5O2S2. The minimum absolute atomic E-state index is 0.113. The number of aromatic nitrogens is 3. The molecule has 1 atom stereocenters. The van der Waals surface area contributed by atoms with Crippen molar-refractivity contribution >= 4 is 55.2 Å². The van der Waals surface area contributed by atoms with Gasteiger partial charge in [-0.1, -0.05) is 42.1 Å². The Morgan fingerprint density at radius 2 is 1.86 bits per heavy atom. The molecule has 0 unspecified atom stereocenters. The smallest absolute Gasteiger partial charge is 0.189 e. The van der Waals surface area contributed by atoms with Crippen LogP contribution in [-0.2, 0) is 22.5 Å². The van der Waals surface area contributed by atoms with Crippen LogP contribution in [0.1, 0.15) is 43.5 Å². The predicted molar refractivity (Wildman–Crippen MR) is 149 cm³/mol. The fourth-order valence-corrected chi connectivity index (χ4v) is 6.55. The number of rotatable bonds is 5. The summed E-state index contributed by atoms with van der Waals surface area (Å²) in [6.45, 7) is 10.2. The molecule has 1 saturated heterocycles. The van der Waals surface area contributed by atoms with Gasteiger partial charge in [0.25, 0.3) is 0 Å². The van der Waals surface area contributed by atoms with Crippen molar-refractivity contribution in [1.82, 2.24) is 15.0 Å². The summed E-state index contributed by atoms with van der Waals surface area (Å²) in [6, 6.07) is 10.6. The van der Waals surface area contributed by atoms with Gasteiger partial charge in [-0.2, -0.15) is 0 Å². The lowest BCUT2D eigenvalue weighted by Gasteiger charge is -2.36.